The minimum atomic E-state index is -0.384. The summed E-state index contributed by atoms with van der Waals surface area (Å²) < 4.78 is 18.8. The molecule has 0 spiro atoms. The monoisotopic (exact) mass is 532 g/mol. The van der Waals surface area contributed by atoms with Crippen molar-refractivity contribution in [3.05, 3.63) is 29.6 Å². The van der Waals surface area contributed by atoms with E-state index in [0.717, 1.165) is 44.5 Å². The smallest absolute Gasteiger partial charge is 0.225 e. The number of guanidine groups is 1. The van der Waals surface area contributed by atoms with E-state index >= 15 is 0 Å². The van der Waals surface area contributed by atoms with Crippen LogP contribution in [0.15, 0.2) is 23.2 Å². The predicted molar refractivity (Wildman–Crippen MR) is 128 cm³/mol. The van der Waals surface area contributed by atoms with E-state index in [1.807, 2.05) is 17.9 Å². The molecule has 0 radical (unpaired) electrons. The van der Waals surface area contributed by atoms with E-state index in [4.69, 9.17) is 4.74 Å². The molecule has 30 heavy (non-hydrogen) atoms. The number of ether oxygens (including phenoxy) is 1. The number of nitrogens with zero attached hydrogens (tertiary/aromatic N) is 2. The van der Waals surface area contributed by atoms with Crippen LogP contribution in [0.4, 0.5) is 4.39 Å². The quantitative estimate of drug-likeness (QED) is 0.334. The van der Waals surface area contributed by atoms with Crippen molar-refractivity contribution in [3.63, 3.8) is 0 Å². The lowest BCUT2D eigenvalue weighted by molar-refractivity contribution is -0.135. The second-order valence-corrected chi connectivity index (χ2v) is 7.91. The van der Waals surface area contributed by atoms with Gasteiger partial charge in [0.1, 0.15) is 0 Å². The number of likely N-dealkylation sites (tertiary alicyclic amines) is 1. The lowest BCUT2D eigenvalue weighted by atomic mass is 9.88. The van der Waals surface area contributed by atoms with Crippen molar-refractivity contribution in [2.45, 2.75) is 58.0 Å². The van der Waals surface area contributed by atoms with Gasteiger partial charge in [-0.05, 0) is 43.9 Å². The first-order valence-electron chi connectivity index (χ1n) is 10.8. The summed E-state index contributed by atoms with van der Waals surface area (Å²) in [5, 5.41) is 6.68. The Morgan fingerprint density at radius 2 is 2.03 bits per heavy atom. The van der Waals surface area contributed by atoms with Gasteiger partial charge in [-0.25, -0.2) is 9.38 Å². The lowest BCUT2D eigenvalue weighted by Crippen LogP contribution is -2.45. The highest BCUT2D eigenvalue weighted by Gasteiger charge is 2.31. The summed E-state index contributed by atoms with van der Waals surface area (Å²) in [5.74, 6) is 1.09. The van der Waals surface area contributed by atoms with Crippen LogP contribution >= 0.6 is 24.0 Å². The molecule has 3 rings (SSSR count). The van der Waals surface area contributed by atoms with E-state index < -0.39 is 0 Å². The average Bonchev–Trinajstić information content (AvgIpc) is 3.21. The maximum Gasteiger partial charge on any atom is 0.225 e. The summed E-state index contributed by atoms with van der Waals surface area (Å²) in [6, 6.07) is 5.07. The molecule has 0 aromatic heterocycles. The molecule has 1 amide bonds. The van der Waals surface area contributed by atoms with Crippen LogP contribution in [0, 0.1) is 11.7 Å². The summed E-state index contributed by atoms with van der Waals surface area (Å²) in [6.07, 6.45) is 6.60. The number of aliphatic imine (C=N–C) groups is 1. The fourth-order valence-corrected chi connectivity index (χ4v) is 4.18. The molecular weight excluding hydrogens is 498 g/mol. The van der Waals surface area contributed by atoms with Gasteiger partial charge in [0.15, 0.2) is 17.5 Å². The summed E-state index contributed by atoms with van der Waals surface area (Å²) in [6.45, 7) is 4.64. The topological polar surface area (TPSA) is 66.0 Å². The average molecular weight is 532 g/mol. The first-order valence-corrected chi connectivity index (χ1v) is 10.8. The second-order valence-electron chi connectivity index (χ2n) is 7.91. The second kappa shape index (κ2) is 12.3. The highest BCUT2D eigenvalue weighted by Crippen LogP contribution is 2.26. The number of hydrogen-bond donors (Lipinski definition) is 2. The standard InChI is InChI=1S/C22H33FN4O2.HI/c1-3-24-22(25-14-16-9-10-20(29-2)19(23)13-16)26-18-11-12-27(15-18)21(28)17-7-5-4-6-8-17;/h9-10,13,17-18H,3-8,11-12,14-15H2,1-2H3,(H2,24,25,26);1H. The Morgan fingerprint density at radius 1 is 1.27 bits per heavy atom. The number of nitrogens with one attached hydrogen (secondary N) is 2. The highest BCUT2D eigenvalue weighted by atomic mass is 127. The van der Waals surface area contributed by atoms with Crippen LogP contribution < -0.4 is 15.4 Å². The summed E-state index contributed by atoms with van der Waals surface area (Å²) in [4.78, 5) is 19.4. The van der Waals surface area contributed by atoms with Gasteiger partial charge in [0.05, 0.1) is 13.7 Å². The SMILES string of the molecule is CCNC(=NCc1ccc(OC)c(F)c1)NC1CCN(C(=O)C2CCCCC2)C1.I. The molecular formula is C22H34FIN4O2. The third-order valence-corrected chi connectivity index (χ3v) is 5.78. The van der Waals surface area contributed by atoms with E-state index in [0.29, 0.717) is 18.4 Å². The van der Waals surface area contributed by atoms with Gasteiger partial charge in [-0.1, -0.05) is 25.3 Å². The zero-order valence-corrected chi connectivity index (χ0v) is 20.3. The molecule has 1 heterocycles. The van der Waals surface area contributed by atoms with Crippen molar-refractivity contribution >= 4 is 35.8 Å². The van der Waals surface area contributed by atoms with Crippen LogP contribution in [0.1, 0.15) is 51.0 Å². The zero-order valence-electron chi connectivity index (χ0n) is 18.0. The van der Waals surface area contributed by atoms with Gasteiger partial charge in [-0.15, -0.1) is 24.0 Å². The van der Waals surface area contributed by atoms with Crippen molar-refractivity contribution < 1.29 is 13.9 Å². The minimum Gasteiger partial charge on any atom is -0.494 e. The molecule has 6 nitrogen and oxygen atoms in total. The van der Waals surface area contributed by atoms with E-state index in [-0.39, 0.29) is 47.5 Å². The Bertz CT molecular complexity index is 725. The van der Waals surface area contributed by atoms with Crippen molar-refractivity contribution in [2.24, 2.45) is 10.9 Å². The van der Waals surface area contributed by atoms with Gasteiger partial charge in [0.2, 0.25) is 5.91 Å². The fraction of sp³-hybridized carbons (Fsp3) is 0.636. The van der Waals surface area contributed by atoms with Gasteiger partial charge >= 0.3 is 0 Å². The van der Waals surface area contributed by atoms with Crippen LogP contribution in [-0.4, -0.2) is 49.6 Å². The van der Waals surface area contributed by atoms with Crippen LogP contribution in [0.2, 0.25) is 0 Å². The van der Waals surface area contributed by atoms with Crippen LogP contribution in [0.3, 0.4) is 0 Å². The highest BCUT2D eigenvalue weighted by molar-refractivity contribution is 14.0. The third kappa shape index (κ3) is 6.72. The number of hydrogen-bond acceptors (Lipinski definition) is 3. The fourth-order valence-electron chi connectivity index (χ4n) is 4.18. The van der Waals surface area contributed by atoms with Crippen molar-refractivity contribution in [1.29, 1.82) is 0 Å². The summed E-state index contributed by atoms with van der Waals surface area (Å²) in [7, 11) is 1.45. The molecule has 2 N–H and O–H groups in total. The molecule has 1 aromatic carbocycles. The van der Waals surface area contributed by atoms with Gasteiger partial charge in [-0.2, -0.15) is 0 Å². The summed E-state index contributed by atoms with van der Waals surface area (Å²) >= 11 is 0. The molecule has 1 unspecified atom stereocenters. The van der Waals surface area contributed by atoms with Crippen LogP contribution in [0.25, 0.3) is 0 Å². The molecule has 1 aliphatic heterocycles. The van der Waals surface area contributed by atoms with E-state index in [1.54, 1.807) is 6.07 Å². The van der Waals surface area contributed by atoms with Gasteiger partial charge < -0.3 is 20.3 Å². The molecule has 1 atom stereocenters. The third-order valence-electron chi connectivity index (χ3n) is 5.78. The number of amides is 1. The Kier molecular flexibility index (Phi) is 10.1. The summed E-state index contributed by atoms with van der Waals surface area (Å²) in [5.41, 5.74) is 0.779. The Morgan fingerprint density at radius 3 is 2.70 bits per heavy atom. The Balaban J connectivity index is 0.00000320. The first kappa shape index (κ1) is 24.7. The maximum atomic E-state index is 13.9. The van der Waals surface area contributed by atoms with E-state index in [2.05, 4.69) is 15.6 Å². The number of halogens is 2. The lowest BCUT2D eigenvalue weighted by Gasteiger charge is -2.26. The van der Waals surface area contributed by atoms with E-state index in [9.17, 15) is 9.18 Å². The Hall–Kier alpha value is -1.58. The molecule has 1 aliphatic carbocycles. The number of benzene rings is 1. The molecule has 1 aromatic rings. The van der Waals surface area contributed by atoms with Crippen LogP contribution in [-0.2, 0) is 11.3 Å². The van der Waals surface area contributed by atoms with Crippen molar-refractivity contribution in [3.8, 4) is 5.75 Å². The van der Waals surface area contributed by atoms with Gasteiger partial charge in [-0.3, -0.25) is 4.79 Å². The van der Waals surface area contributed by atoms with Gasteiger partial charge in [0.25, 0.3) is 0 Å². The molecule has 0 bridgehead atoms. The predicted octanol–water partition coefficient (Wildman–Crippen LogP) is 3.69. The number of methoxy groups -OCH3 is 1. The molecule has 168 valence electrons. The zero-order chi connectivity index (χ0) is 20.6. The van der Waals surface area contributed by atoms with Gasteiger partial charge in [0, 0.05) is 31.6 Å². The number of rotatable bonds is 6. The minimum absolute atomic E-state index is 0. The van der Waals surface area contributed by atoms with Crippen molar-refractivity contribution in [1.82, 2.24) is 15.5 Å². The largest absolute Gasteiger partial charge is 0.494 e. The first-order chi connectivity index (χ1) is 14.1. The Labute approximate surface area is 196 Å². The van der Waals surface area contributed by atoms with Crippen molar-refractivity contribution in [2.75, 3.05) is 26.7 Å². The molecule has 1 saturated heterocycles. The molecule has 1 saturated carbocycles. The van der Waals surface area contributed by atoms with E-state index in [1.165, 1.54) is 32.4 Å². The maximum absolute atomic E-state index is 13.9. The van der Waals surface area contributed by atoms with Crippen LogP contribution in [0.5, 0.6) is 5.75 Å². The number of carbonyl (C=O) groups excluding carboxylic acids is 1. The normalized spacial score (nSPS) is 19.9. The molecule has 8 heteroatoms. The molecule has 2 fully saturated rings. The number of carbonyl (C=O) groups is 1. The molecule has 2 aliphatic rings.